The fraction of sp³-hybridized carbons (Fsp3) is 0.182. The van der Waals surface area contributed by atoms with Gasteiger partial charge in [0.2, 0.25) is 0 Å². The van der Waals surface area contributed by atoms with Crippen LogP contribution in [0.3, 0.4) is 0 Å². The summed E-state index contributed by atoms with van der Waals surface area (Å²) >= 11 is 24.0. The quantitative estimate of drug-likeness (QED) is 0.464. The van der Waals surface area contributed by atoms with E-state index in [2.05, 4.69) is 16.2 Å². The summed E-state index contributed by atoms with van der Waals surface area (Å²) < 4.78 is -0.937. The number of allylic oxidation sites excluding steroid dienone is 4. The summed E-state index contributed by atoms with van der Waals surface area (Å²) in [6.07, 6.45) is 6.69. The monoisotopic (exact) mass is 465 g/mol. The number of benzene rings is 2. The molecule has 3 nitrogen and oxygen atoms in total. The number of hydrogen-bond donors (Lipinski definition) is 1. The number of nitrogens with zero attached hydrogens (tertiary/aromatic N) is 1. The van der Waals surface area contributed by atoms with E-state index in [4.69, 9.17) is 46.4 Å². The van der Waals surface area contributed by atoms with Crippen LogP contribution in [0.25, 0.3) is 16.0 Å². The van der Waals surface area contributed by atoms with Crippen molar-refractivity contribution in [2.24, 2.45) is 0 Å². The van der Waals surface area contributed by atoms with Gasteiger partial charge in [0.15, 0.2) is 4.84 Å². The second-order valence-corrected chi connectivity index (χ2v) is 8.91. The Morgan fingerprint density at radius 1 is 1.10 bits per heavy atom. The largest absolute Gasteiger partial charge is 0.348 e. The van der Waals surface area contributed by atoms with Gasteiger partial charge in [-0.3, -0.25) is 4.79 Å². The van der Waals surface area contributed by atoms with Gasteiger partial charge in [0.25, 0.3) is 12.0 Å². The average molecular weight is 467 g/mol. The highest BCUT2D eigenvalue weighted by Crippen LogP contribution is 2.39. The molecule has 0 aliphatic heterocycles. The van der Waals surface area contributed by atoms with E-state index in [-0.39, 0.29) is 0 Å². The van der Waals surface area contributed by atoms with E-state index in [9.17, 15) is 4.79 Å². The standard InChI is InChI=1S/C22H16Cl4N2O/c23-20(24)21(29)28-19-11-4-2-9-17(19)16-8-1-3-10-18(16)27-14-12-15-7-5-6-13-22(15,25)26/h1-11,20H,12-13H2/p+1. The lowest BCUT2D eigenvalue weighted by atomic mass is 10.0. The van der Waals surface area contributed by atoms with Crippen molar-refractivity contribution >= 4 is 63.7 Å². The van der Waals surface area contributed by atoms with Gasteiger partial charge in [-0.2, -0.15) is 0 Å². The van der Waals surface area contributed by atoms with E-state index < -0.39 is 15.1 Å². The van der Waals surface area contributed by atoms with Crippen LogP contribution in [-0.4, -0.2) is 15.1 Å². The fourth-order valence-corrected chi connectivity index (χ4v) is 3.41. The van der Waals surface area contributed by atoms with E-state index in [1.807, 2.05) is 60.7 Å². The molecule has 0 fully saturated rings. The number of rotatable bonds is 4. The van der Waals surface area contributed by atoms with Crippen molar-refractivity contribution in [3.05, 3.63) is 77.2 Å². The summed E-state index contributed by atoms with van der Waals surface area (Å²) in [6, 6.07) is 18.0. The van der Waals surface area contributed by atoms with Gasteiger partial charge in [0, 0.05) is 23.7 Å². The predicted molar refractivity (Wildman–Crippen MR) is 124 cm³/mol. The average Bonchev–Trinajstić information content (AvgIpc) is 2.70. The van der Waals surface area contributed by atoms with E-state index in [0.717, 1.165) is 16.7 Å². The molecular formula is C22H17Cl4N2O+. The maximum atomic E-state index is 11.9. The van der Waals surface area contributed by atoms with Crippen molar-refractivity contribution in [3.8, 4) is 17.2 Å². The van der Waals surface area contributed by atoms with Crippen LogP contribution < -0.4 is 5.32 Å². The number of halogens is 4. The number of anilines is 1. The summed E-state index contributed by atoms with van der Waals surface area (Å²) in [5, 5.41) is 2.74. The Hall–Kier alpha value is -1.96. The van der Waals surface area contributed by atoms with Crippen LogP contribution in [0.5, 0.6) is 0 Å². The van der Waals surface area contributed by atoms with Crippen molar-refractivity contribution < 1.29 is 4.79 Å². The second-order valence-electron chi connectivity index (χ2n) is 6.33. The maximum Gasteiger partial charge on any atom is 0.348 e. The zero-order chi connectivity index (χ0) is 20.9. The van der Waals surface area contributed by atoms with Gasteiger partial charge in [-0.05, 0) is 22.6 Å². The van der Waals surface area contributed by atoms with Gasteiger partial charge in [0.1, 0.15) is 10.8 Å². The van der Waals surface area contributed by atoms with E-state index >= 15 is 0 Å². The number of carbonyl (C=O) groups excluding carboxylic acids is 1. The Bertz CT molecular complexity index is 1030. The van der Waals surface area contributed by atoms with Gasteiger partial charge in [-0.1, -0.05) is 95.0 Å². The molecule has 148 valence electrons. The van der Waals surface area contributed by atoms with Gasteiger partial charge in [-0.15, -0.1) is 0 Å². The van der Waals surface area contributed by atoms with Crippen molar-refractivity contribution in [3.63, 3.8) is 0 Å². The molecule has 2 aromatic rings. The SMILES string of the molecule is O=C(Nc1ccccc1-c1ccccc1[N+]#CCC1=CC=CCC1(Cl)Cl)C(Cl)Cl. The fourth-order valence-electron chi connectivity index (χ4n) is 2.86. The van der Waals surface area contributed by atoms with Gasteiger partial charge < -0.3 is 5.32 Å². The Morgan fingerprint density at radius 3 is 2.52 bits per heavy atom. The molecule has 1 N–H and O–H groups in total. The zero-order valence-electron chi connectivity index (χ0n) is 15.2. The minimum absolute atomic E-state index is 0.407. The molecule has 0 saturated heterocycles. The Morgan fingerprint density at radius 2 is 1.79 bits per heavy atom. The van der Waals surface area contributed by atoms with E-state index in [1.165, 1.54) is 0 Å². The number of hydrogen-bond acceptors (Lipinski definition) is 1. The third-order valence-electron chi connectivity index (χ3n) is 4.32. The first-order valence-electron chi connectivity index (χ1n) is 8.83. The van der Waals surface area contributed by atoms with Crippen molar-refractivity contribution in [1.82, 2.24) is 0 Å². The minimum Gasteiger partial charge on any atom is -0.323 e. The highest BCUT2D eigenvalue weighted by atomic mass is 35.5. The topological polar surface area (TPSA) is 33.5 Å². The lowest BCUT2D eigenvalue weighted by Crippen LogP contribution is -2.18. The summed E-state index contributed by atoms with van der Waals surface area (Å²) in [5.41, 5.74) is 3.75. The van der Waals surface area contributed by atoms with Crippen LogP contribution >= 0.6 is 46.4 Å². The molecule has 0 spiro atoms. The summed E-state index contributed by atoms with van der Waals surface area (Å²) in [6.45, 7) is 0. The molecule has 0 saturated carbocycles. The summed E-state index contributed by atoms with van der Waals surface area (Å²) in [5.74, 6) is -0.494. The van der Waals surface area contributed by atoms with Crippen LogP contribution in [0.1, 0.15) is 12.8 Å². The van der Waals surface area contributed by atoms with Crippen LogP contribution in [0, 0.1) is 6.07 Å². The second kappa shape index (κ2) is 9.69. The van der Waals surface area contributed by atoms with Gasteiger partial charge in [0.05, 0.1) is 5.56 Å². The molecule has 0 bridgehead atoms. The lowest BCUT2D eigenvalue weighted by Gasteiger charge is -2.21. The third kappa shape index (κ3) is 5.56. The molecule has 7 heteroatoms. The number of carbonyl (C=O) groups is 1. The number of amides is 1. The molecular weight excluding hydrogens is 450 g/mol. The highest BCUT2D eigenvalue weighted by molar-refractivity contribution is 6.54. The summed E-state index contributed by atoms with van der Waals surface area (Å²) in [7, 11) is 0. The molecule has 2 aromatic carbocycles. The Kier molecular flexibility index (Phi) is 7.27. The van der Waals surface area contributed by atoms with Crippen molar-refractivity contribution in [2.45, 2.75) is 22.0 Å². The number of para-hydroxylation sites is 2. The molecule has 3 rings (SSSR count). The first-order valence-corrected chi connectivity index (χ1v) is 10.5. The van der Waals surface area contributed by atoms with Crippen LogP contribution in [0.2, 0.25) is 0 Å². The molecule has 0 atom stereocenters. The first-order chi connectivity index (χ1) is 13.9. The highest BCUT2D eigenvalue weighted by Gasteiger charge is 2.29. The van der Waals surface area contributed by atoms with Crippen LogP contribution in [0.15, 0.2) is 72.3 Å². The predicted octanol–water partition coefficient (Wildman–Crippen LogP) is 7.51. The zero-order valence-corrected chi connectivity index (χ0v) is 18.2. The van der Waals surface area contributed by atoms with Crippen LogP contribution in [0.4, 0.5) is 11.4 Å². The van der Waals surface area contributed by atoms with Crippen LogP contribution in [-0.2, 0) is 4.79 Å². The molecule has 0 radical (unpaired) electrons. The molecule has 29 heavy (non-hydrogen) atoms. The Labute approximate surface area is 189 Å². The van der Waals surface area contributed by atoms with Gasteiger partial charge >= 0.3 is 5.69 Å². The van der Waals surface area contributed by atoms with E-state index in [1.54, 1.807) is 6.07 Å². The molecule has 0 heterocycles. The van der Waals surface area contributed by atoms with Crippen molar-refractivity contribution in [2.75, 3.05) is 5.32 Å². The molecule has 1 amide bonds. The molecule has 1 aliphatic rings. The van der Waals surface area contributed by atoms with Gasteiger partial charge in [-0.25, -0.2) is 0 Å². The molecule has 0 aromatic heterocycles. The third-order valence-corrected chi connectivity index (χ3v) is 5.51. The normalized spacial score (nSPS) is 14.7. The minimum atomic E-state index is -1.16. The molecule has 1 aliphatic carbocycles. The lowest BCUT2D eigenvalue weighted by molar-refractivity contribution is -0.114. The maximum absolute atomic E-state index is 11.9. The number of alkyl halides is 4. The summed E-state index contributed by atoms with van der Waals surface area (Å²) in [4.78, 5) is 15.3. The van der Waals surface area contributed by atoms with E-state index in [0.29, 0.717) is 24.2 Å². The Balaban J connectivity index is 1.91. The smallest absolute Gasteiger partial charge is 0.323 e. The number of nitrogens with one attached hydrogen (secondary N) is 1. The molecule has 0 unspecified atom stereocenters. The first kappa shape index (κ1) is 21.7. The van der Waals surface area contributed by atoms with Crippen molar-refractivity contribution in [1.29, 1.82) is 0 Å².